The molecule has 0 aliphatic carbocycles. The van der Waals surface area contributed by atoms with Crippen molar-refractivity contribution in [3.63, 3.8) is 0 Å². The van der Waals surface area contributed by atoms with Crippen LogP contribution in [-0.4, -0.2) is 29.1 Å². The van der Waals surface area contributed by atoms with Gasteiger partial charge in [-0.25, -0.2) is 4.79 Å². The Morgan fingerprint density at radius 2 is 1.90 bits per heavy atom. The minimum absolute atomic E-state index is 0.130. The SMILES string of the molecule is CCCn1c(C)cc(/C=C(\C#N)C(=O)O[C@@H](C)C(=O)N(CC)c2ccccc2)c1C. The molecule has 2 aromatic rings. The fourth-order valence-corrected chi connectivity index (χ4v) is 3.40. The lowest BCUT2D eigenvalue weighted by Crippen LogP contribution is -2.40. The summed E-state index contributed by atoms with van der Waals surface area (Å²) in [5.74, 6) is -1.14. The molecule has 6 nitrogen and oxygen atoms in total. The van der Waals surface area contributed by atoms with Crippen molar-refractivity contribution in [2.24, 2.45) is 0 Å². The van der Waals surface area contributed by atoms with Gasteiger partial charge in [-0.3, -0.25) is 4.79 Å². The highest BCUT2D eigenvalue weighted by atomic mass is 16.5. The second-order valence-corrected chi connectivity index (χ2v) is 7.11. The van der Waals surface area contributed by atoms with Crippen LogP contribution in [0.4, 0.5) is 5.69 Å². The van der Waals surface area contributed by atoms with Gasteiger partial charge in [0.25, 0.3) is 5.91 Å². The van der Waals surface area contributed by atoms with Crippen molar-refractivity contribution >= 4 is 23.6 Å². The van der Waals surface area contributed by atoms with E-state index in [1.54, 1.807) is 4.90 Å². The zero-order valence-corrected chi connectivity index (χ0v) is 18.3. The molecule has 0 spiro atoms. The van der Waals surface area contributed by atoms with Gasteiger partial charge >= 0.3 is 5.97 Å². The van der Waals surface area contributed by atoms with Crippen LogP contribution in [0, 0.1) is 25.2 Å². The first-order chi connectivity index (χ1) is 14.3. The molecule has 0 unspecified atom stereocenters. The number of benzene rings is 1. The van der Waals surface area contributed by atoms with Crippen molar-refractivity contribution in [3.8, 4) is 6.07 Å². The van der Waals surface area contributed by atoms with Gasteiger partial charge in [0, 0.05) is 30.2 Å². The molecule has 6 heteroatoms. The number of aromatic nitrogens is 1. The maximum atomic E-state index is 12.8. The largest absolute Gasteiger partial charge is 0.448 e. The number of anilines is 1. The first kappa shape index (κ1) is 23.0. The number of para-hydroxylation sites is 1. The van der Waals surface area contributed by atoms with Gasteiger partial charge in [0.05, 0.1) is 0 Å². The van der Waals surface area contributed by atoms with Crippen LogP contribution in [0.5, 0.6) is 0 Å². The maximum Gasteiger partial charge on any atom is 0.349 e. The van der Waals surface area contributed by atoms with Gasteiger partial charge in [0.1, 0.15) is 11.6 Å². The fraction of sp³-hybridized carbons (Fsp3) is 0.375. The number of aryl methyl sites for hydroxylation is 1. The van der Waals surface area contributed by atoms with E-state index in [9.17, 15) is 14.9 Å². The minimum Gasteiger partial charge on any atom is -0.448 e. The van der Waals surface area contributed by atoms with Crippen LogP contribution >= 0.6 is 0 Å². The molecule has 0 fully saturated rings. The van der Waals surface area contributed by atoms with Crippen molar-refractivity contribution in [2.75, 3.05) is 11.4 Å². The molecule has 0 bridgehead atoms. The van der Waals surface area contributed by atoms with Crippen molar-refractivity contribution in [1.29, 1.82) is 5.26 Å². The molecule has 30 heavy (non-hydrogen) atoms. The van der Waals surface area contributed by atoms with Gasteiger partial charge in [-0.05, 0) is 64.0 Å². The first-order valence-corrected chi connectivity index (χ1v) is 10.2. The van der Waals surface area contributed by atoms with Gasteiger partial charge in [-0.2, -0.15) is 5.26 Å². The molecule has 2 rings (SSSR count). The Bertz CT molecular complexity index is 968. The minimum atomic E-state index is -1.01. The van der Waals surface area contributed by atoms with Crippen molar-refractivity contribution < 1.29 is 14.3 Å². The molecule has 1 heterocycles. The summed E-state index contributed by atoms with van der Waals surface area (Å²) in [4.78, 5) is 26.9. The summed E-state index contributed by atoms with van der Waals surface area (Å²) >= 11 is 0. The van der Waals surface area contributed by atoms with E-state index in [-0.39, 0.29) is 11.5 Å². The topological polar surface area (TPSA) is 75.3 Å². The van der Waals surface area contributed by atoms with Crippen LogP contribution in [-0.2, 0) is 20.9 Å². The molecule has 0 aliphatic heterocycles. The molecule has 0 radical (unpaired) electrons. The van der Waals surface area contributed by atoms with Gasteiger partial charge in [-0.15, -0.1) is 0 Å². The van der Waals surface area contributed by atoms with E-state index in [1.165, 1.54) is 13.0 Å². The second-order valence-electron chi connectivity index (χ2n) is 7.11. The molecule has 1 aromatic heterocycles. The van der Waals surface area contributed by atoms with Crippen LogP contribution in [0.1, 0.15) is 44.1 Å². The Morgan fingerprint density at radius 3 is 2.47 bits per heavy atom. The van der Waals surface area contributed by atoms with Gasteiger partial charge in [0.2, 0.25) is 0 Å². The smallest absolute Gasteiger partial charge is 0.349 e. The summed E-state index contributed by atoms with van der Waals surface area (Å²) in [5.41, 5.74) is 3.45. The highest BCUT2D eigenvalue weighted by Gasteiger charge is 2.25. The molecule has 0 N–H and O–H groups in total. The second kappa shape index (κ2) is 10.4. The average molecular weight is 408 g/mol. The maximum absolute atomic E-state index is 12.8. The average Bonchev–Trinajstić information content (AvgIpc) is 3.00. The Hall–Kier alpha value is -3.33. The van der Waals surface area contributed by atoms with E-state index in [2.05, 4.69) is 11.5 Å². The number of nitrogens with zero attached hydrogens (tertiary/aromatic N) is 3. The Morgan fingerprint density at radius 1 is 1.23 bits per heavy atom. The molecular formula is C24H29N3O3. The standard InChI is InChI=1S/C24H29N3O3/c1-6-13-27-17(3)14-20(18(27)4)15-21(16-25)24(29)30-19(5)23(28)26(7-2)22-11-9-8-10-12-22/h8-12,14-15,19H,6-7,13H2,1-5H3/b21-15+/t19-/m0/s1. The summed E-state index contributed by atoms with van der Waals surface area (Å²) in [5, 5.41) is 9.49. The van der Waals surface area contributed by atoms with E-state index in [1.807, 2.05) is 63.2 Å². The van der Waals surface area contributed by atoms with Crippen molar-refractivity contribution in [1.82, 2.24) is 4.57 Å². The number of rotatable bonds is 8. The van der Waals surface area contributed by atoms with Crippen LogP contribution in [0.25, 0.3) is 6.08 Å². The number of hydrogen-bond acceptors (Lipinski definition) is 4. The number of hydrogen-bond donors (Lipinski definition) is 0. The highest BCUT2D eigenvalue weighted by molar-refractivity contribution is 6.02. The third kappa shape index (κ3) is 5.18. The Balaban J connectivity index is 2.18. The van der Waals surface area contributed by atoms with Gasteiger partial charge < -0.3 is 14.2 Å². The lowest BCUT2D eigenvalue weighted by molar-refractivity contribution is -0.149. The third-order valence-corrected chi connectivity index (χ3v) is 4.98. The quantitative estimate of drug-likeness (QED) is 0.369. The third-order valence-electron chi connectivity index (χ3n) is 4.98. The molecule has 0 saturated carbocycles. The monoisotopic (exact) mass is 407 g/mol. The number of nitriles is 1. The summed E-state index contributed by atoms with van der Waals surface area (Å²) in [6.45, 7) is 10.7. The van der Waals surface area contributed by atoms with Crippen LogP contribution in [0.3, 0.4) is 0 Å². The van der Waals surface area contributed by atoms with E-state index >= 15 is 0 Å². The number of amides is 1. The number of esters is 1. The van der Waals surface area contributed by atoms with E-state index < -0.39 is 12.1 Å². The molecule has 1 aromatic carbocycles. The summed E-state index contributed by atoms with van der Waals surface area (Å²) in [7, 11) is 0. The Labute approximate surface area is 178 Å². The predicted molar refractivity (Wildman–Crippen MR) is 118 cm³/mol. The normalized spacial score (nSPS) is 12.2. The van der Waals surface area contributed by atoms with Crippen molar-refractivity contribution in [3.05, 3.63) is 58.9 Å². The Kier molecular flexibility index (Phi) is 7.99. The molecule has 1 amide bonds. The zero-order valence-electron chi connectivity index (χ0n) is 18.3. The predicted octanol–water partition coefficient (Wildman–Crippen LogP) is 4.41. The van der Waals surface area contributed by atoms with E-state index in [0.29, 0.717) is 6.54 Å². The number of carbonyl (C=O) groups excluding carboxylic acids is 2. The molecule has 0 aliphatic rings. The number of ether oxygens (including phenoxy) is 1. The lowest BCUT2D eigenvalue weighted by Gasteiger charge is -2.24. The molecular weight excluding hydrogens is 378 g/mol. The molecule has 158 valence electrons. The highest BCUT2D eigenvalue weighted by Crippen LogP contribution is 2.20. The van der Waals surface area contributed by atoms with E-state index in [4.69, 9.17) is 4.74 Å². The first-order valence-electron chi connectivity index (χ1n) is 10.2. The zero-order chi connectivity index (χ0) is 22.3. The molecule has 0 saturated heterocycles. The lowest BCUT2D eigenvalue weighted by atomic mass is 10.1. The number of carbonyl (C=O) groups is 2. The van der Waals surface area contributed by atoms with Crippen molar-refractivity contribution in [2.45, 2.75) is 53.7 Å². The van der Waals surface area contributed by atoms with Gasteiger partial charge in [0.15, 0.2) is 6.10 Å². The van der Waals surface area contributed by atoms with Crippen LogP contribution in [0.15, 0.2) is 42.0 Å². The number of likely N-dealkylation sites (N-methyl/N-ethyl adjacent to an activating group) is 1. The summed E-state index contributed by atoms with van der Waals surface area (Å²) in [6.07, 6.45) is 1.51. The van der Waals surface area contributed by atoms with E-state index in [0.717, 1.165) is 35.6 Å². The molecule has 1 atom stereocenters. The summed E-state index contributed by atoms with van der Waals surface area (Å²) in [6, 6.07) is 13.0. The van der Waals surface area contributed by atoms with Gasteiger partial charge in [-0.1, -0.05) is 25.1 Å². The summed E-state index contributed by atoms with van der Waals surface area (Å²) < 4.78 is 7.49. The fourth-order valence-electron chi connectivity index (χ4n) is 3.40. The van der Waals surface area contributed by atoms with Crippen LogP contribution in [0.2, 0.25) is 0 Å². The van der Waals surface area contributed by atoms with Crippen LogP contribution < -0.4 is 4.90 Å².